The molecule has 0 aromatic heterocycles. The molecule has 0 aromatic carbocycles. The minimum atomic E-state index is -0.351. The maximum atomic E-state index is 11.2. The Bertz CT molecular complexity index is 602. The van der Waals surface area contributed by atoms with Crippen molar-refractivity contribution in [2.45, 2.75) is 70.4 Å². The van der Waals surface area contributed by atoms with E-state index in [-0.39, 0.29) is 29.3 Å². The van der Waals surface area contributed by atoms with Crippen LogP contribution >= 0.6 is 0 Å². The van der Waals surface area contributed by atoms with Crippen LogP contribution in [0.1, 0.15) is 51.9 Å². The second-order valence-electron chi connectivity index (χ2n) is 9.79. The molecule has 7 bridgehead atoms. The molecule has 23 heavy (non-hydrogen) atoms. The van der Waals surface area contributed by atoms with Gasteiger partial charge in [-0.25, -0.2) is 0 Å². The summed E-state index contributed by atoms with van der Waals surface area (Å²) >= 11 is 0. The summed E-state index contributed by atoms with van der Waals surface area (Å²) in [4.78, 5) is 0. The monoisotopic (exact) mass is 316 g/mol. The molecule has 3 heteroatoms. The van der Waals surface area contributed by atoms with Crippen LogP contribution in [0.2, 0.25) is 0 Å². The second-order valence-corrected chi connectivity index (χ2v) is 9.79. The third-order valence-corrected chi connectivity index (χ3v) is 9.32. The maximum absolute atomic E-state index is 11.2. The molecule has 0 aromatic rings. The summed E-state index contributed by atoms with van der Waals surface area (Å²) in [6.45, 7) is 7.60. The Labute approximate surface area is 138 Å². The van der Waals surface area contributed by atoms with E-state index in [1.54, 1.807) is 0 Å². The van der Waals surface area contributed by atoms with Crippen LogP contribution in [0.25, 0.3) is 0 Å². The molecule has 3 nitrogen and oxygen atoms in total. The Kier molecular flexibility index (Phi) is 2.34. The van der Waals surface area contributed by atoms with Crippen LogP contribution in [-0.4, -0.2) is 30.2 Å². The average molecular weight is 316 g/mol. The molecule has 3 aliphatic heterocycles. The number of rotatable bonds is 0. The Balaban J connectivity index is 1.56. The van der Waals surface area contributed by atoms with Gasteiger partial charge >= 0.3 is 0 Å². The van der Waals surface area contributed by atoms with Gasteiger partial charge < -0.3 is 14.6 Å². The van der Waals surface area contributed by atoms with Crippen LogP contribution in [0.4, 0.5) is 0 Å². The Morgan fingerprint density at radius 2 is 2.00 bits per heavy atom. The van der Waals surface area contributed by atoms with Crippen molar-refractivity contribution < 1.29 is 14.6 Å². The molecule has 0 radical (unpaired) electrons. The van der Waals surface area contributed by atoms with E-state index in [1.807, 2.05) is 0 Å². The molecule has 5 aliphatic carbocycles. The van der Waals surface area contributed by atoms with Gasteiger partial charge in [-0.1, -0.05) is 19.9 Å². The molecule has 0 amide bonds. The quantitative estimate of drug-likeness (QED) is 0.697. The topological polar surface area (TPSA) is 38.7 Å². The van der Waals surface area contributed by atoms with E-state index in [0.29, 0.717) is 17.3 Å². The van der Waals surface area contributed by atoms with Crippen molar-refractivity contribution in [1.82, 2.24) is 0 Å². The first-order valence-corrected chi connectivity index (χ1v) is 9.66. The summed E-state index contributed by atoms with van der Waals surface area (Å²) in [5, 5.41) is 11.2. The van der Waals surface area contributed by atoms with E-state index >= 15 is 0 Å². The van der Waals surface area contributed by atoms with Crippen LogP contribution < -0.4 is 0 Å². The molecular formula is C20H28O3. The van der Waals surface area contributed by atoms with Gasteiger partial charge in [0.2, 0.25) is 0 Å². The highest BCUT2D eigenvalue weighted by Gasteiger charge is 2.78. The predicted molar refractivity (Wildman–Crippen MR) is 85.5 cm³/mol. The summed E-state index contributed by atoms with van der Waals surface area (Å²) in [6.07, 6.45) is 8.36. The molecule has 126 valence electrons. The summed E-state index contributed by atoms with van der Waals surface area (Å²) in [5.41, 5.74) is 1.54. The largest absolute Gasteiger partial charge is 0.388 e. The van der Waals surface area contributed by atoms with Crippen molar-refractivity contribution in [2.24, 2.45) is 34.0 Å². The van der Waals surface area contributed by atoms with Gasteiger partial charge in [-0.2, -0.15) is 0 Å². The van der Waals surface area contributed by atoms with Crippen molar-refractivity contribution >= 4 is 0 Å². The van der Waals surface area contributed by atoms with Gasteiger partial charge in [-0.3, -0.25) is 0 Å². The number of fused-ring (bicyclic) bond motifs is 2. The van der Waals surface area contributed by atoms with E-state index in [9.17, 15) is 5.11 Å². The van der Waals surface area contributed by atoms with Crippen LogP contribution in [0.5, 0.6) is 0 Å². The lowest BCUT2D eigenvalue weighted by Gasteiger charge is -2.77. The molecule has 3 saturated heterocycles. The Morgan fingerprint density at radius 3 is 2.87 bits per heavy atom. The number of aliphatic hydroxyl groups is 1. The summed E-state index contributed by atoms with van der Waals surface area (Å²) < 4.78 is 12.9. The van der Waals surface area contributed by atoms with Crippen LogP contribution in [0.15, 0.2) is 12.2 Å². The summed E-state index contributed by atoms with van der Waals surface area (Å²) in [5.74, 6) is 1.84. The first-order chi connectivity index (χ1) is 11.0. The molecule has 8 aliphatic rings. The number of aliphatic hydroxyl groups excluding tert-OH is 1. The molecule has 1 N–H and O–H groups in total. The third-order valence-electron chi connectivity index (χ3n) is 9.32. The standard InChI is InChI=1S/C20H28O3/c1-11-12-4-7-20(16(11)21)14(8-12)19-6-3-5-18(2)10-22-17(19)23-15(20)9-13(18)19/h12-17,21H,1,3-10H2,2H3/t12-,13?,14?,15+,16-,17?,18-,19-,20?/m0/s1. The number of hydrogen-bond donors (Lipinski definition) is 1. The molecule has 5 saturated carbocycles. The second kappa shape index (κ2) is 3.89. The van der Waals surface area contributed by atoms with Crippen LogP contribution in [0.3, 0.4) is 0 Å². The Morgan fingerprint density at radius 1 is 1.13 bits per heavy atom. The summed E-state index contributed by atoms with van der Waals surface area (Å²) in [7, 11) is 0. The van der Waals surface area contributed by atoms with E-state index in [1.165, 1.54) is 32.1 Å². The minimum Gasteiger partial charge on any atom is -0.388 e. The van der Waals surface area contributed by atoms with Crippen molar-refractivity contribution in [3.63, 3.8) is 0 Å². The normalized spacial score (nSPS) is 65.6. The lowest BCUT2D eigenvalue weighted by Crippen LogP contribution is -2.79. The molecule has 9 atom stereocenters. The van der Waals surface area contributed by atoms with E-state index in [4.69, 9.17) is 9.47 Å². The summed E-state index contributed by atoms with van der Waals surface area (Å²) in [6, 6.07) is 0. The van der Waals surface area contributed by atoms with Crippen molar-refractivity contribution in [1.29, 1.82) is 0 Å². The van der Waals surface area contributed by atoms with Gasteiger partial charge in [0.1, 0.15) is 0 Å². The molecule has 8 rings (SSSR count). The molecule has 3 heterocycles. The lowest BCUT2D eigenvalue weighted by molar-refractivity contribution is -0.437. The van der Waals surface area contributed by atoms with Crippen LogP contribution in [0, 0.1) is 34.0 Å². The predicted octanol–water partition coefficient (Wildman–Crippen LogP) is 3.27. The third kappa shape index (κ3) is 1.25. The highest BCUT2D eigenvalue weighted by Crippen LogP contribution is 2.77. The first-order valence-electron chi connectivity index (χ1n) is 9.66. The highest BCUT2D eigenvalue weighted by molar-refractivity contribution is 5.31. The van der Waals surface area contributed by atoms with Gasteiger partial charge in [-0.05, 0) is 67.3 Å². The van der Waals surface area contributed by atoms with Crippen molar-refractivity contribution in [2.75, 3.05) is 6.61 Å². The number of hydrogen-bond acceptors (Lipinski definition) is 3. The Hall–Kier alpha value is -0.380. The van der Waals surface area contributed by atoms with Gasteiger partial charge in [0.05, 0.1) is 18.8 Å². The first kappa shape index (κ1) is 13.9. The fourth-order valence-electron chi connectivity index (χ4n) is 8.42. The van der Waals surface area contributed by atoms with E-state index in [0.717, 1.165) is 30.9 Å². The smallest absolute Gasteiger partial charge is 0.164 e. The SMILES string of the molecule is C=C1[C@H]2CCC3(C(C2)[C@@]24CCC[C@@]5(C)COC2O[C@@H]3CC54)[C@H]1O. The zero-order valence-corrected chi connectivity index (χ0v) is 14.1. The van der Waals surface area contributed by atoms with Gasteiger partial charge in [0.25, 0.3) is 0 Å². The molecule has 4 unspecified atom stereocenters. The lowest BCUT2D eigenvalue weighted by atomic mass is 9.33. The molecular weight excluding hydrogens is 288 g/mol. The fourth-order valence-corrected chi connectivity index (χ4v) is 8.42. The van der Waals surface area contributed by atoms with Crippen LogP contribution in [-0.2, 0) is 9.47 Å². The van der Waals surface area contributed by atoms with Crippen molar-refractivity contribution in [3.05, 3.63) is 12.2 Å². The van der Waals surface area contributed by atoms with Gasteiger partial charge in [-0.15, -0.1) is 0 Å². The highest BCUT2D eigenvalue weighted by atomic mass is 16.7. The van der Waals surface area contributed by atoms with Crippen molar-refractivity contribution in [3.8, 4) is 0 Å². The van der Waals surface area contributed by atoms with Gasteiger partial charge in [0, 0.05) is 10.8 Å². The average Bonchev–Trinajstić information content (AvgIpc) is 2.55. The fraction of sp³-hybridized carbons (Fsp3) is 0.900. The number of ether oxygens (including phenoxy) is 2. The maximum Gasteiger partial charge on any atom is 0.164 e. The zero-order chi connectivity index (χ0) is 15.6. The molecule has 8 fully saturated rings. The molecule has 2 spiro atoms. The zero-order valence-electron chi connectivity index (χ0n) is 14.1. The van der Waals surface area contributed by atoms with Gasteiger partial charge in [0.15, 0.2) is 6.29 Å². The van der Waals surface area contributed by atoms with E-state index in [2.05, 4.69) is 13.5 Å². The minimum absolute atomic E-state index is 0.00457. The van der Waals surface area contributed by atoms with E-state index < -0.39 is 0 Å².